The van der Waals surface area contributed by atoms with Gasteiger partial charge in [0.1, 0.15) is 0 Å². The second-order valence-electron chi connectivity index (χ2n) is 5.35. The number of ether oxygens (including phenoxy) is 1. The van der Waals surface area contributed by atoms with Crippen LogP contribution in [0.25, 0.3) is 0 Å². The summed E-state index contributed by atoms with van der Waals surface area (Å²) in [4.78, 5) is 11.3. The number of hydrogen-bond donors (Lipinski definition) is 2. The average molecular weight is 362 g/mol. The molecule has 0 unspecified atom stereocenters. The number of benzene rings is 2. The van der Waals surface area contributed by atoms with Crippen molar-refractivity contribution >= 4 is 33.3 Å². The second-order valence-corrected chi connectivity index (χ2v) is 6.20. The Balaban J connectivity index is 1.88. The number of anilines is 2. The maximum Gasteiger partial charge on any atom is 0.337 e. The lowest BCUT2D eigenvalue weighted by molar-refractivity contribution is 0.0698. The quantitative estimate of drug-likeness (QED) is 0.784. The van der Waals surface area contributed by atoms with Crippen LogP contribution >= 0.6 is 15.9 Å². The third-order valence-corrected chi connectivity index (χ3v) is 4.18. The second kappa shape index (κ2) is 6.40. The number of aromatic carboxylic acids is 1. The van der Waals surface area contributed by atoms with Crippen molar-refractivity contribution < 1.29 is 14.6 Å². The molecule has 0 amide bonds. The fraction of sp³-hybridized carbons (Fsp3) is 0.235. The molecule has 0 heterocycles. The molecule has 0 aromatic heterocycles. The minimum absolute atomic E-state index is 0.232. The van der Waals surface area contributed by atoms with Crippen molar-refractivity contribution in [3.63, 3.8) is 0 Å². The van der Waals surface area contributed by atoms with E-state index in [4.69, 9.17) is 4.74 Å². The molecule has 4 nitrogen and oxygen atoms in total. The minimum atomic E-state index is -0.960. The first-order valence-corrected chi connectivity index (χ1v) is 7.95. The van der Waals surface area contributed by atoms with Crippen LogP contribution in [0.4, 0.5) is 11.4 Å². The van der Waals surface area contributed by atoms with Crippen molar-refractivity contribution in [2.24, 2.45) is 5.92 Å². The van der Waals surface area contributed by atoms with Crippen LogP contribution in [0, 0.1) is 5.92 Å². The molecule has 0 atom stereocenters. The van der Waals surface area contributed by atoms with E-state index in [1.165, 1.54) is 12.8 Å². The van der Waals surface area contributed by atoms with Gasteiger partial charge >= 0.3 is 5.97 Å². The fourth-order valence-corrected chi connectivity index (χ4v) is 2.64. The standard InChI is InChI=1S/C17H16BrNO3/c18-13-5-3-7-15(16(13)22-10-11-8-9-11)19-14-6-2-1-4-12(14)17(20)21/h1-7,11,19H,8-10H2,(H,20,21). The molecule has 0 aliphatic heterocycles. The first kappa shape index (κ1) is 14.9. The van der Waals surface area contributed by atoms with Crippen molar-refractivity contribution in [2.45, 2.75) is 12.8 Å². The Morgan fingerprint density at radius 1 is 1.18 bits per heavy atom. The zero-order valence-electron chi connectivity index (χ0n) is 11.9. The molecule has 1 saturated carbocycles. The largest absolute Gasteiger partial charge is 0.490 e. The third-order valence-electron chi connectivity index (χ3n) is 3.55. The molecule has 1 aliphatic rings. The van der Waals surface area contributed by atoms with Crippen LogP contribution < -0.4 is 10.1 Å². The van der Waals surface area contributed by atoms with Gasteiger partial charge in [-0.3, -0.25) is 0 Å². The number of carbonyl (C=O) groups is 1. The Kier molecular flexibility index (Phi) is 4.34. The van der Waals surface area contributed by atoms with Crippen LogP contribution in [0.1, 0.15) is 23.2 Å². The van der Waals surface area contributed by atoms with Crippen molar-refractivity contribution in [3.05, 3.63) is 52.5 Å². The molecule has 2 aromatic carbocycles. The predicted octanol–water partition coefficient (Wildman–Crippen LogP) is 4.68. The zero-order valence-corrected chi connectivity index (χ0v) is 13.5. The SMILES string of the molecule is O=C(O)c1ccccc1Nc1cccc(Br)c1OCC1CC1. The first-order chi connectivity index (χ1) is 10.6. The molecule has 22 heavy (non-hydrogen) atoms. The molecule has 0 saturated heterocycles. The van der Waals surface area contributed by atoms with Gasteiger partial charge in [-0.2, -0.15) is 0 Å². The number of halogens is 1. The average Bonchev–Trinajstić information content (AvgIpc) is 3.31. The van der Waals surface area contributed by atoms with Gasteiger partial charge in [0.15, 0.2) is 5.75 Å². The molecule has 0 radical (unpaired) electrons. The number of rotatable bonds is 6. The zero-order chi connectivity index (χ0) is 15.5. The molecule has 3 rings (SSSR count). The Morgan fingerprint density at radius 3 is 2.64 bits per heavy atom. The lowest BCUT2D eigenvalue weighted by Gasteiger charge is -2.16. The molecular weight excluding hydrogens is 346 g/mol. The smallest absolute Gasteiger partial charge is 0.337 e. The van der Waals surface area contributed by atoms with E-state index in [9.17, 15) is 9.90 Å². The number of carboxylic acids is 1. The highest BCUT2D eigenvalue weighted by atomic mass is 79.9. The Hall–Kier alpha value is -2.01. The summed E-state index contributed by atoms with van der Waals surface area (Å²) in [7, 11) is 0. The fourth-order valence-electron chi connectivity index (χ4n) is 2.16. The molecule has 114 valence electrons. The van der Waals surface area contributed by atoms with E-state index in [0.29, 0.717) is 18.2 Å². The van der Waals surface area contributed by atoms with E-state index >= 15 is 0 Å². The van der Waals surface area contributed by atoms with Crippen LogP contribution in [-0.4, -0.2) is 17.7 Å². The Labute approximate surface area is 137 Å². The van der Waals surface area contributed by atoms with E-state index < -0.39 is 5.97 Å². The minimum Gasteiger partial charge on any atom is -0.490 e. The first-order valence-electron chi connectivity index (χ1n) is 7.16. The molecule has 1 fully saturated rings. The lowest BCUT2D eigenvalue weighted by atomic mass is 10.1. The van der Waals surface area contributed by atoms with E-state index in [-0.39, 0.29) is 5.56 Å². The van der Waals surface area contributed by atoms with Gasteiger partial charge in [-0.15, -0.1) is 0 Å². The Morgan fingerprint density at radius 2 is 1.91 bits per heavy atom. The topological polar surface area (TPSA) is 58.6 Å². The van der Waals surface area contributed by atoms with Gasteiger partial charge in [-0.25, -0.2) is 4.79 Å². The number of para-hydroxylation sites is 2. The van der Waals surface area contributed by atoms with E-state index in [2.05, 4.69) is 21.2 Å². The number of nitrogens with one attached hydrogen (secondary N) is 1. The predicted molar refractivity (Wildman–Crippen MR) is 89.0 cm³/mol. The van der Waals surface area contributed by atoms with Crippen LogP contribution in [0.5, 0.6) is 5.75 Å². The molecule has 0 bridgehead atoms. The van der Waals surface area contributed by atoms with Gasteiger partial charge < -0.3 is 15.2 Å². The molecule has 1 aliphatic carbocycles. The number of hydrogen-bond acceptors (Lipinski definition) is 3. The number of carboxylic acid groups (broad SMARTS) is 1. The molecule has 2 aromatic rings. The summed E-state index contributed by atoms with van der Waals surface area (Å²) in [6.07, 6.45) is 2.43. The van der Waals surface area contributed by atoms with Gasteiger partial charge in [-0.05, 0) is 59.0 Å². The van der Waals surface area contributed by atoms with E-state index in [1.807, 2.05) is 18.2 Å². The highest BCUT2D eigenvalue weighted by Crippen LogP contribution is 2.38. The van der Waals surface area contributed by atoms with Crippen molar-refractivity contribution in [1.29, 1.82) is 0 Å². The maximum absolute atomic E-state index is 11.3. The molecular formula is C17H16BrNO3. The summed E-state index contributed by atoms with van der Waals surface area (Å²) >= 11 is 3.50. The van der Waals surface area contributed by atoms with Gasteiger partial charge in [0.25, 0.3) is 0 Å². The summed E-state index contributed by atoms with van der Waals surface area (Å²) in [5, 5.41) is 12.4. The van der Waals surface area contributed by atoms with Crippen LogP contribution in [0.15, 0.2) is 46.9 Å². The van der Waals surface area contributed by atoms with Crippen molar-refractivity contribution in [3.8, 4) is 5.75 Å². The van der Waals surface area contributed by atoms with Crippen LogP contribution in [0.3, 0.4) is 0 Å². The summed E-state index contributed by atoms with van der Waals surface area (Å²) < 4.78 is 6.76. The van der Waals surface area contributed by atoms with Crippen LogP contribution in [-0.2, 0) is 0 Å². The maximum atomic E-state index is 11.3. The van der Waals surface area contributed by atoms with Gasteiger partial charge in [0.2, 0.25) is 0 Å². The summed E-state index contributed by atoms with van der Waals surface area (Å²) in [5.41, 5.74) is 1.53. The summed E-state index contributed by atoms with van der Waals surface area (Å²) in [5.74, 6) is 0.402. The lowest BCUT2D eigenvalue weighted by Crippen LogP contribution is -2.05. The monoisotopic (exact) mass is 361 g/mol. The molecule has 0 spiro atoms. The van der Waals surface area contributed by atoms with Gasteiger partial charge in [0.05, 0.1) is 28.0 Å². The van der Waals surface area contributed by atoms with E-state index in [1.54, 1.807) is 24.3 Å². The molecule has 2 N–H and O–H groups in total. The van der Waals surface area contributed by atoms with Crippen molar-refractivity contribution in [1.82, 2.24) is 0 Å². The Bertz CT molecular complexity index is 698. The van der Waals surface area contributed by atoms with Gasteiger partial charge in [0, 0.05) is 0 Å². The van der Waals surface area contributed by atoms with Crippen molar-refractivity contribution in [2.75, 3.05) is 11.9 Å². The third kappa shape index (κ3) is 3.42. The summed E-state index contributed by atoms with van der Waals surface area (Å²) in [6.45, 7) is 0.692. The van der Waals surface area contributed by atoms with Crippen LogP contribution in [0.2, 0.25) is 0 Å². The van der Waals surface area contributed by atoms with Gasteiger partial charge in [-0.1, -0.05) is 18.2 Å². The molecule has 5 heteroatoms. The highest BCUT2D eigenvalue weighted by Gasteiger charge is 2.23. The summed E-state index contributed by atoms with van der Waals surface area (Å²) in [6, 6.07) is 12.5. The highest BCUT2D eigenvalue weighted by molar-refractivity contribution is 9.10. The normalized spacial score (nSPS) is 13.7. The van der Waals surface area contributed by atoms with E-state index in [0.717, 1.165) is 15.9 Å².